The van der Waals surface area contributed by atoms with E-state index in [0.717, 1.165) is 12.0 Å². The normalized spacial score (nSPS) is 11.8. The Morgan fingerprint density at radius 1 is 1.44 bits per heavy atom. The number of nitrogens with two attached hydrogens (primary N) is 1. The van der Waals surface area contributed by atoms with Crippen LogP contribution < -0.4 is 5.73 Å². The summed E-state index contributed by atoms with van der Waals surface area (Å²) in [6.45, 7) is 10.6. The highest BCUT2D eigenvalue weighted by molar-refractivity contribution is 5.85. The van der Waals surface area contributed by atoms with Gasteiger partial charge in [-0.05, 0) is 37.3 Å². The van der Waals surface area contributed by atoms with Gasteiger partial charge in [0, 0.05) is 6.42 Å². The van der Waals surface area contributed by atoms with Gasteiger partial charge in [0.15, 0.2) is 0 Å². The molecule has 1 atom stereocenters. The first-order valence-corrected chi connectivity index (χ1v) is 5.45. The molecule has 0 spiro atoms. The Bertz CT molecular complexity index is 217. The van der Waals surface area contributed by atoms with E-state index in [0.29, 0.717) is 25.5 Å². The highest BCUT2D eigenvalue weighted by atomic mass is 35.5. The molecule has 0 heterocycles. The maximum Gasteiger partial charge on any atom is 0.306 e. The third-order valence-electron chi connectivity index (χ3n) is 2.07. The molecule has 96 valence electrons. The van der Waals surface area contributed by atoms with Crippen molar-refractivity contribution in [3.8, 4) is 0 Å². The van der Waals surface area contributed by atoms with Crippen LogP contribution in [0.3, 0.4) is 0 Å². The number of rotatable bonds is 7. The van der Waals surface area contributed by atoms with Gasteiger partial charge in [-0.2, -0.15) is 0 Å². The molecule has 4 heteroatoms. The first kappa shape index (κ1) is 17.8. The molecular formula is C12H24ClNO2. The van der Waals surface area contributed by atoms with Crippen LogP contribution in [0.15, 0.2) is 12.2 Å². The van der Waals surface area contributed by atoms with E-state index >= 15 is 0 Å². The fourth-order valence-corrected chi connectivity index (χ4v) is 1.43. The van der Waals surface area contributed by atoms with Crippen LogP contribution >= 0.6 is 12.4 Å². The molecule has 0 aromatic rings. The third kappa shape index (κ3) is 9.99. The summed E-state index contributed by atoms with van der Waals surface area (Å²) in [5.41, 5.74) is 6.46. The van der Waals surface area contributed by atoms with Crippen LogP contribution in [-0.4, -0.2) is 19.1 Å². The van der Waals surface area contributed by atoms with Gasteiger partial charge < -0.3 is 10.5 Å². The van der Waals surface area contributed by atoms with Crippen LogP contribution in [0.2, 0.25) is 0 Å². The number of esters is 1. The van der Waals surface area contributed by atoms with E-state index in [1.54, 1.807) is 0 Å². The Kier molecular flexibility index (Phi) is 10.8. The minimum absolute atomic E-state index is 0. The zero-order valence-electron chi connectivity index (χ0n) is 10.5. The maximum atomic E-state index is 11.4. The first-order valence-electron chi connectivity index (χ1n) is 5.45. The summed E-state index contributed by atoms with van der Waals surface area (Å²) in [6, 6.07) is 0. The van der Waals surface area contributed by atoms with E-state index in [9.17, 15) is 4.79 Å². The van der Waals surface area contributed by atoms with Gasteiger partial charge in [0.25, 0.3) is 0 Å². The molecule has 0 amide bonds. The molecule has 0 aromatic carbocycles. The maximum absolute atomic E-state index is 11.4. The van der Waals surface area contributed by atoms with Gasteiger partial charge in [0.1, 0.15) is 6.61 Å². The molecule has 3 nitrogen and oxygen atoms in total. The lowest BCUT2D eigenvalue weighted by molar-refractivity contribution is -0.143. The SMILES string of the molecule is C=C(C)COC(=O)C[C@@H](CN)CC(C)C.Cl. The summed E-state index contributed by atoms with van der Waals surface area (Å²) in [4.78, 5) is 11.4. The van der Waals surface area contributed by atoms with Gasteiger partial charge in [-0.15, -0.1) is 12.4 Å². The smallest absolute Gasteiger partial charge is 0.306 e. The van der Waals surface area contributed by atoms with Crippen molar-refractivity contribution in [1.82, 2.24) is 0 Å². The molecule has 0 radical (unpaired) electrons. The van der Waals surface area contributed by atoms with E-state index in [4.69, 9.17) is 10.5 Å². The third-order valence-corrected chi connectivity index (χ3v) is 2.07. The Balaban J connectivity index is 0. The Morgan fingerprint density at radius 2 is 2.00 bits per heavy atom. The zero-order chi connectivity index (χ0) is 11.8. The standard InChI is InChI=1S/C12H23NO2.ClH/c1-9(2)5-11(7-13)6-12(14)15-8-10(3)4;/h9,11H,3,5-8,13H2,1-2,4H3;1H/t11-;/m0./s1. The van der Waals surface area contributed by atoms with Crippen molar-refractivity contribution in [3.05, 3.63) is 12.2 Å². The van der Waals surface area contributed by atoms with Gasteiger partial charge in [-0.1, -0.05) is 20.4 Å². The molecule has 0 fully saturated rings. The summed E-state index contributed by atoms with van der Waals surface area (Å²) >= 11 is 0. The Hall–Kier alpha value is -0.540. The largest absolute Gasteiger partial charge is 0.461 e. The van der Waals surface area contributed by atoms with E-state index < -0.39 is 0 Å². The average molecular weight is 250 g/mol. The van der Waals surface area contributed by atoms with Crippen molar-refractivity contribution >= 4 is 18.4 Å². The second-order valence-electron chi connectivity index (χ2n) is 4.55. The number of carbonyl (C=O) groups excluding carboxylic acids is 1. The van der Waals surface area contributed by atoms with Crippen LogP contribution in [0.4, 0.5) is 0 Å². The van der Waals surface area contributed by atoms with E-state index in [-0.39, 0.29) is 24.3 Å². The van der Waals surface area contributed by atoms with Crippen molar-refractivity contribution < 1.29 is 9.53 Å². The molecular weight excluding hydrogens is 226 g/mol. The molecule has 0 aliphatic rings. The molecule has 0 aliphatic carbocycles. The first-order chi connectivity index (χ1) is 6.95. The van der Waals surface area contributed by atoms with Crippen LogP contribution in [0.25, 0.3) is 0 Å². The van der Waals surface area contributed by atoms with Crippen molar-refractivity contribution in [1.29, 1.82) is 0 Å². The second kappa shape index (κ2) is 9.67. The fourth-order valence-electron chi connectivity index (χ4n) is 1.43. The summed E-state index contributed by atoms with van der Waals surface area (Å²) < 4.78 is 5.02. The van der Waals surface area contributed by atoms with Crippen LogP contribution in [-0.2, 0) is 9.53 Å². The monoisotopic (exact) mass is 249 g/mol. The lowest BCUT2D eigenvalue weighted by atomic mass is 9.94. The number of carbonyl (C=O) groups is 1. The van der Waals surface area contributed by atoms with Crippen molar-refractivity contribution in [2.45, 2.75) is 33.6 Å². The highest BCUT2D eigenvalue weighted by Gasteiger charge is 2.14. The highest BCUT2D eigenvalue weighted by Crippen LogP contribution is 2.14. The van der Waals surface area contributed by atoms with Gasteiger partial charge in [0.2, 0.25) is 0 Å². The van der Waals surface area contributed by atoms with Crippen molar-refractivity contribution in [2.24, 2.45) is 17.6 Å². The van der Waals surface area contributed by atoms with E-state index in [1.165, 1.54) is 0 Å². The number of hydrogen-bond donors (Lipinski definition) is 1. The molecule has 0 saturated heterocycles. The molecule has 2 N–H and O–H groups in total. The van der Waals surface area contributed by atoms with Gasteiger partial charge in [-0.25, -0.2) is 0 Å². The summed E-state index contributed by atoms with van der Waals surface area (Å²) in [5.74, 6) is 0.629. The fraction of sp³-hybridized carbons (Fsp3) is 0.750. The van der Waals surface area contributed by atoms with Crippen molar-refractivity contribution in [2.75, 3.05) is 13.2 Å². The van der Waals surface area contributed by atoms with E-state index in [2.05, 4.69) is 20.4 Å². The molecule has 0 unspecified atom stereocenters. The molecule has 16 heavy (non-hydrogen) atoms. The molecule has 0 aliphatic heterocycles. The van der Waals surface area contributed by atoms with Crippen molar-refractivity contribution in [3.63, 3.8) is 0 Å². The predicted octanol–water partition coefficient (Wildman–Crippen LogP) is 2.54. The van der Waals surface area contributed by atoms with Gasteiger partial charge in [-0.3, -0.25) is 4.79 Å². The second-order valence-corrected chi connectivity index (χ2v) is 4.55. The molecule has 0 saturated carbocycles. The topological polar surface area (TPSA) is 52.3 Å². The zero-order valence-corrected chi connectivity index (χ0v) is 11.3. The minimum atomic E-state index is -0.172. The van der Waals surface area contributed by atoms with Crippen LogP contribution in [0, 0.1) is 11.8 Å². The molecule has 0 aromatic heterocycles. The quantitative estimate of drug-likeness (QED) is 0.557. The lowest BCUT2D eigenvalue weighted by Gasteiger charge is -2.16. The minimum Gasteiger partial charge on any atom is -0.461 e. The summed E-state index contributed by atoms with van der Waals surface area (Å²) in [5, 5.41) is 0. The average Bonchev–Trinajstić information content (AvgIpc) is 2.13. The van der Waals surface area contributed by atoms with Crippen LogP contribution in [0.5, 0.6) is 0 Å². The lowest BCUT2D eigenvalue weighted by Crippen LogP contribution is -2.21. The summed E-state index contributed by atoms with van der Waals surface area (Å²) in [6.07, 6.45) is 1.39. The Labute approximate surface area is 105 Å². The number of hydrogen-bond acceptors (Lipinski definition) is 3. The number of halogens is 1. The van der Waals surface area contributed by atoms with Crippen LogP contribution in [0.1, 0.15) is 33.6 Å². The molecule has 0 rings (SSSR count). The Morgan fingerprint density at radius 3 is 2.38 bits per heavy atom. The van der Waals surface area contributed by atoms with Gasteiger partial charge >= 0.3 is 5.97 Å². The molecule has 0 bridgehead atoms. The summed E-state index contributed by atoms with van der Waals surface area (Å²) in [7, 11) is 0. The number of ether oxygens (including phenoxy) is 1. The van der Waals surface area contributed by atoms with E-state index in [1.807, 2.05) is 6.92 Å². The predicted molar refractivity (Wildman–Crippen MR) is 69.6 cm³/mol. The van der Waals surface area contributed by atoms with Gasteiger partial charge in [0.05, 0.1) is 0 Å².